The fourth-order valence-corrected chi connectivity index (χ4v) is 3.39. The minimum Gasteiger partial charge on any atom is -0.504 e. The Bertz CT molecular complexity index is 712. The second kappa shape index (κ2) is 8.81. The number of ether oxygens (including phenoxy) is 2. The molecule has 5 nitrogen and oxygen atoms in total. The molecule has 3 rings (SSSR count). The summed E-state index contributed by atoms with van der Waals surface area (Å²) in [7, 11) is 1.57. The van der Waals surface area contributed by atoms with E-state index in [1.807, 2.05) is 31.2 Å². The molecule has 0 saturated carbocycles. The van der Waals surface area contributed by atoms with E-state index in [1.54, 1.807) is 13.2 Å². The Morgan fingerprint density at radius 2 is 1.77 bits per heavy atom. The van der Waals surface area contributed by atoms with Crippen molar-refractivity contribution in [2.45, 2.75) is 13.3 Å². The maximum atomic E-state index is 9.90. The van der Waals surface area contributed by atoms with Crippen LogP contribution in [0.2, 0.25) is 0 Å². The number of phenolic OH excluding ortho intramolecular Hbond substituents is 1. The fraction of sp³-hybridized carbons (Fsp3) is 0.429. The highest BCUT2D eigenvalue weighted by molar-refractivity contribution is 5.58. The van der Waals surface area contributed by atoms with Crippen LogP contribution in [0.5, 0.6) is 17.2 Å². The second-order valence-corrected chi connectivity index (χ2v) is 6.49. The Kier molecular flexibility index (Phi) is 6.23. The Labute approximate surface area is 155 Å². The summed E-state index contributed by atoms with van der Waals surface area (Å²) < 4.78 is 10.9. The lowest BCUT2D eigenvalue weighted by molar-refractivity contribution is 0.259. The number of para-hydroxylation sites is 2. The van der Waals surface area contributed by atoms with Crippen LogP contribution in [-0.4, -0.2) is 56.4 Å². The molecule has 1 saturated heterocycles. The average molecular weight is 356 g/mol. The Morgan fingerprint density at radius 1 is 1.00 bits per heavy atom. The first-order valence-electron chi connectivity index (χ1n) is 9.26. The molecule has 0 spiro atoms. The second-order valence-electron chi connectivity index (χ2n) is 6.49. The number of hydrogen-bond donors (Lipinski definition) is 1. The first kappa shape index (κ1) is 18.4. The quantitative estimate of drug-likeness (QED) is 0.826. The number of hydrogen-bond acceptors (Lipinski definition) is 5. The highest BCUT2D eigenvalue weighted by Gasteiger charge is 2.19. The maximum Gasteiger partial charge on any atom is 0.160 e. The van der Waals surface area contributed by atoms with E-state index < -0.39 is 0 Å². The lowest BCUT2D eigenvalue weighted by Gasteiger charge is -2.36. The lowest BCUT2D eigenvalue weighted by atomic mass is 10.1. The SMILES string of the molecule is CCOc1ccccc1N1CCN(CCc2ccc(OC)c(O)c2)CC1. The summed E-state index contributed by atoms with van der Waals surface area (Å²) in [6.45, 7) is 7.76. The number of methoxy groups -OCH3 is 1. The molecule has 1 fully saturated rings. The van der Waals surface area contributed by atoms with E-state index in [0.717, 1.165) is 50.5 Å². The first-order chi connectivity index (χ1) is 12.7. The normalized spacial score (nSPS) is 15.1. The summed E-state index contributed by atoms with van der Waals surface area (Å²) in [4.78, 5) is 4.88. The molecule has 0 aromatic heterocycles. The molecule has 2 aromatic carbocycles. The summed E-state index contributed by atoms with van der Waals surface area (Å²) >= 11 is 0. The molecule has 26 heavy (non-hydrogen) atoms. The van der Waals surface area contributed by atoms with E-state index >= 15 is 0 Å². The third-order valence-corrected chi connectivity index (χ3v) is 4.84. The van der Waals surface area contributed by atoms with Gasteiger partial charge in [-0.05, 0) is 43.2 Å². The van der Waals surface area contributed by atoms with E-state index in [9.17, 15) is 5.11 Å². The third-order valence-electron chi connectivity index (χ3n) is 4.84. The van der Waals surface area contributed by atoms with Crippen LogP contribution < -0.4 is 14.4 Å². The molecular formula is C21H28N2O3. The monoisotopic (exact) mass is 356 g/mol. The number of nitrogens with zero attached hydrogens (tertiary/aromatic N) is 2. The van der Waals surface area contributed by atoms with Gasteiger partial charge in [0.15, 0.2) is 11.5 Å². The molecule has 0 unspecified atom stereocenters. The van der Waals surface area contributed by atoms with Gasteiger partial charge in [0.2, 0.25) is 0 Å². The molecule has 0 aliphatic carbocycles. The molecule has 0 radical (unpaired) electrons. The first-order valence-corrected chi connectivity index (χ1v) is 9.26. The van der Waals surface area contributed by atoms with Gasteiger partial charge >= 0.3 is 0 Å². The zero-order valence-electron chi connectivity index (χ0n) is 15.6. The van der Waals surface area contributed by atoms with Crippen molar-refractivity contribution < 1.29 is 14.6 Å². The number of rotatable bonds is 7. The summed E-state index contributed by atoms with van der Waals surface area (Å²) in [6, 6.07) is 13.9. The van der Waals surface area contributed by atoms with Crippen LogP contribution in [0.4, 0.5) is 5.69 Å². The van der Waals surface area contributed by atoms with Crippen molar-refractivity contribution >= 4 is 5.69 Å². The molecule has 1 heterocycles. The Morgan fingerprint density at radius 3 is 2.46 bits per heavy atom. The summed E-state index contributed by atoms with van der Waals surface area (Å²) in [5.41, 5.74) is 2.32. The molecular weight excluding hydrogens is 328 g/mol. The molecule has 140 valence electrons. The van der Waals surface area contributed by atoms with Gasteiger partial charge in [0.05, 0.1) is 19.4 Å². The van der Waals surface area contributed by atoms with Crippen LogP contribution in [0.15, 0.2) is 42.5 Å². The summed E-state index contributed by atoms with van der Waals surface area (Å²) in [6.07, 6.45) is 0.924. The Hall–Kier alpha value is -2.40. The van der Waals surface area contributed by atoms with Crippen LogP contribution in [0, 0.1) is 0 Å². The summed E-state index contributed by atoms with van der Waals surface area (Å²) in [5.74, 6) is 1.70. The molecule has 1 aliphatic rings. The van der Waals surface area contributed by atoms with E-state index in [4.69, 9.17) is 9.47 Å². The third kappa shape index (κ3) is 4.41. The topological polar surface area (TPSA) is 45.2 Å². The van der Waals surface area contributed by atoms with Gasteiger partial charge in [-0.25, -0.2) is 0 Å². The number of piperazine rings is 1. The van der Waals surface area contributed by atoms with E-state index in [1.165, 1.54) is 5.69 Å². The predicted octanol–water partition coefficient (Wildman–Crippen LogP) is 3.16. The molecule has 5 heteroatoms. The minimum atomic E-state index is 0.211. The van der Waals surface area contributed by atoms with Gasteiger partial charge in [0.25, 0.3) is 0 Å². The van der Waals surface area contributed by atoms with Crippen molar-refractivity contribution in [3.05, 3.63) is 48.0 Å². The minimum absolute atomic E-state index is 0.211. The van der Waals surface area contributed by atoms with Crippen molar-refractivity contribution in [3.8, 4) is 17.2 Å². The van der Waals surface area contributed by atoms with Gasteiger partial charge in [-0.1, -0.05) is 18.2 Å². The van der Waals surface area contributed by atoms with Gasteiger partial charge in [-0.15, -0.1) is 0 Å². The van der Waals surface area contributed by atoms with E-state index in [-0.39, 0.29) is 5.75 Å². The molecule has 0 bridgehead atoms. The van der Waals surface area contributed by atoms with Gasteiger partial charge in [-0.3, -0.25) is 4.90 Å². The van der Waals surface area contributed by atoms with Crippen molar-refractivity contribution in [2.75, 3.05) is 51.3 Å². The zero-order valence-corrected chi connectivity index (χ0v) is 15.6. The fourth-order valence-electron chi connectivity index (χ4n) is 3.39. The summed E-state index contributed by atoms with van der Waals surface area (Å²) in [5, 5.41) is 9.90. The van der Waals surface area contributed by atoms with Crippen LogP contribution in [-0.2, 0) is 6.42 Å². The van der Waals surface area contributed by atoms with Crippen molar-refractivity contribution in [2.24, 2.45) is 0 Å². The van der Waals surface area contributed by atoms with E-state index in [2.05, 4.69) is 21.9 Å². The lowest BCUT2D eigenvalue weighted by Crippen LogP contribution is -2.47. The standard InChI is InChI=1S/C21H28N2O3/c1-3-26-20-7-5-4-6-18(20)23-14-12-22(13-15-23)11-10-17-8-9-21(25-2)19(24)16-17/h4-9,16,24H,3,10-15H2,1-2H3. The zero-order chi connectivity index (χ0) is 18.4. The highest BCUT2D eigenvalue weighted by Crippen LogP contribution is 2.29. The Balaban J connectivity index is 1.52. The van der Waals surface area contributed by atoms with Crippen molar-refractivity contribution in [3.63, 3.8) is 0 Å². The molecule has 2 aromatic rings. The van der Waals surface area contributed by atoms with Gasteiger partial charge in [0.1, 0.15) is 5.75 Å². The van der Waals surface area contributed by atoms with Crippen LogP contribution in [0.1, 0.15) is 12.5 Å². The van der Waals surface area contributed by atoms with Gasteiger partial charge in [-0.2, -0.15) is 0 Å². The van der Waals surface area contributed by atoms with E-state index in [0.29, 0.717) is 12.4 Å². The molecule has 0 atom stereocenters. The largest absolute Gasteiger partial charge is 0.504 e. The van der Waals surface area contributed by atoms with Crippen LogP contribution in [0.3, 0.4) is 0 Å². The van der Waals surface area contributed by atoms with Crippen molar-refractivity contribution in [1.82, 2.24) is 4.90 Å². The maximum absolute atomic E-state index is 9.90. The smallest absolute Gasteiger partial charge is 0.160 e. The molecule has 0 amide bonds. The number of anilines is 1. The van der Waals surface area contributed by atoms with Crippen LogP contribution in [0.25, 0.3) is 0 Å². The van der Waals surface area contributed by atoms with Gasteiger partial charge in [0, 0.05) is 32.7 Å². The molecule has 1 aliphatic heterocycles. The van der Waals surface area contributed by atoms with Crippen molar-refractivity contribution in [1.29, 1.82) is 0 Å². The number of benzene rings is 2. The number of aromatic hydroxyl groups is 1. The van der Waals surface area contributed by atoms with Crippen LogP contribution >= 0.6 is 0 Å². The number of phenols is 1. The van der Waals surface area contributed by atoms with Gasteiger partial charge < -0.3 is 19.5 Å². The molecule has 1 N–H and O–H groups in total. The highest BCUT2D eigenvalue weighted by atomic mass is 16.5. The average Bonchev–Trinajstić information content (AvgIpc) is 2.68. The predicted molar refractivity (Wildman–Crippen MR) is 105 cm³/mol.